The third kappa shape index (κ3) is 0.621. The molecule has 0 N–H and O–H groups in total. The Morgan fingerprint density at radius 1 is 1.40 bits per heavy atom. The van der Waals surface area contributed by atoms with E-state index in [-0.39, 0.29) is 0 Å². The lowest BCUT2D eigenvalue weighted by Gasteiger charge is -2.09. The van der Waals surface area contributed by atoms with E-state index < -0.39 is 0 Å². The van der Waals surface area contributed by atoms with Gasteiger partial charge in [0, 0.05) is 0 Å². The summed E-state index contributed by atoms with van der Waals surface area (Å²) in [5, 5.41) is 2.58. The summed E-state index contributed by atoms with van der Waals surface area (Å²) in [6.45, 7) is 6.05. The summed E-state index contributed by atoms with van der Waals surface area (Å²) >= 11 is 0. The molecule has 0 heteroatoms. The van der Waals surface area contributed by atoms with Gasteiger partial charge in [0.1, 0.15) is 0 Å². The van der Waals surface area contributed by atoms with Crippen molar-refractivity contribution >= 4 is 12.7 Å². The first-order valence-corrected chi connectivity index (χ1v) is 3.56. The molecule has 0 nitrogen and oxygen atoms in total. The molecule has 0 aromatic heterocycles. The van der Waals surface area contributed by atoms with Crippen LogP contribution in [0.3, 0.4) is 0 Å². The minimum Gasteiger partial charge on any atom is -0.0915 e. The van der Waals surface area contributed by atoms with Gasteiger partial charge in [-0.05, 0) is 34.9 Å². The highest BCUT2D eigenvalue weighted by molar-refractivity contribution is 5.46. The van der Waals surface area contributed by atoms with Crippen molar-refractivity contribution in [2.24, 2.45) is 0 Å². The molecule has 10 heavy (non-hydrogen) atoms. The first kappa shape index (κ1) is 5.72. The zero-order valence-electron chi connectivity index (χ0n) is 6.15. The molecule has 0 spiro atoms. The van der Waals surface area contributed by atoms with E-state index in [1.807, 2.05) is 0 Å². The highest BCUT2D eigenvalue weighted by Gasteiger charge is 2.02. The monoisotopic (exact) mass is 130 g/mol. The molecule has 0 saturated heterocycles. The van der Waals surface area contributed by atoms with Crippen LogP contribution in [0.5, 0.6) is 0 Å². The normalized spacial score (nSPS) is 13.3. The van der Waals surface area contributed by atoms with Crippen LogP contribution in [0, 0.1) is 6.92 Å². The number of aryl methyl sites for hydroxylation is 1. The van der Waals surface area contributed by atoms with E-state index in [0.29, 0.717) is 0 Å². The summed E-state index contributed by atoms with van der Waals surface area (Å²) < 4.78 is 0. The summed E-state index contributed by atoms with van der Waals surface area (Å²) in [7, 11) is 0. The minimum atomic E-state index is 1.14. The van der Waals surface area contributed by atoms with Crippen molar-refractivity contribution in [3.8, 4) is 0 Å². The van der Waals surface area contributed by atoms with E-state index in [4.69, 9.17) is 0 Å². The molecule has 50 valence electrons. The maximum atomic E-state index is 3.94. The Labute approximate surface area is 60.5 Å². The van der Waals surface area contributed by atoms with Crippen LogP contribution >= 0.6 is 0 Å². The lowest BCUT2D eigenvalue weighted by atomic mass is 9.96. The number of hydrogen-bond donors (Lipinski definition) is 0. The number of rotatable bonds is 0. The van der Waals surface area contributed by atoms with Crippen LogP contribution in [0.15, 0.2) is 12.1 Å². The van der Waals surface area contributed by atoms with Gasteiger partial charge in [0.2, 0.25) is 0 Å². The molecule has 0 atom stereocenters. The quantitative estimate of drug-likeness (QED) is 0.486. The average Bonchev–Trinajstić information content (AvgIpc) is 1.89. The molecule has 0 amide bonds. The molecule has 1 aliphatic carbocycles. The zero-order chi connectivity index (χ0) is 7.14. The predicted molar refractivity (Wildman–Crippen MR) is 44.1 cm³/mol. The molecule has 0 fully saturated rings. The zero-order valence-corrected chi connectivity index (χ0v) is 6.15. The third-order valence-corrected chi connectivity index (χ3v) is 2.14. The molecule has 2 rings (SSSR count). The van der Waals surface area contributed by atoms with Gasteiger partial charge in [0.05, 0.1) is 0 Å². The molecule has 0 bridgehead atoms. The number of benzene rings is 1. The van der Waals surface area contributed by atoms with Crippen molar-refractivity contribution in [2.75, 3.05) is 0 Å². The molecule has 0 radical (unpaired) electrons. The fourth-order valence-electron chi connectivity index (χ4n) is 1.28. The van der Waals surface area contributed by atoms with Crippen molar-refractivity contribution in [3.05, 3.63) is 33.7 Å². The smallest absolute Gasteiger partial charge is 0.00823 e. The van der Waals surface area contributed by atoms with Gasteiger partial charge in [0.15, 0.2) is 0 Å². The molecule has 0 saturated carbocycles. The predicted octanol–water partition coefficient (Wildman–Crippen LogP) is 0.742. The lowest BCUT2D eigenvalue weighted by Crippen LogP contribution is -2.23. The average molecular weight is 130 g/mol. The number of hydrogen-bond acceptors (Lipinski definition) is 0. The Kier molecular flexibility index (Phi) is 0.986. The molecule has 1 aromatic carbocycles. The fraction of sp³-hybridized carbons (Fsp3) is 0.200. The van der Waals surface area contributed by atoms with E-state index >= 15 is 0 Å². The second-order valence-electron chi connectivity index (χ2n) is 2.89. The molecule has 0 unspecified atom stereocenters. The summed E-state index contributed by atoms with van der Waals surface area (Å²) in [6, 6.07) is 4.39. The van der Waals surface area contributed by atoms with Gasteiger partial charge in [-0.2, -0.15) is 0 Å². The summed E-state index contributed by atoms with van der Waals surface area (Å²) in [4.78, 5) is 0. The second-order valence-corrected chi connectivity index (χ2v) is 2.89. The van der Waals surface area contributed by atoms with Crippen molar-refractivity contribution in [1.82, 2.24) is 0 Å². The highest BCUT2D eigenvalue weighted by Crippen LogP contribution is 2.00. The van der Waals surface area contributed by atoms with E-state index in [0.717, 1.165) is 6.42 Å². The van der Waals surface area contributed by atoms with Crippen LogP contribution in [-0.2, 0) is 6.42 Å². The van der Waals surface area contributed by atoms with Crippen LogP contribution in [0.2, 0.25) is 0 Å². The second kappa shape index (κ2) is 1.72. The maximum absolute atomic E-state index is 3.94. The van der Waals surface area contributed by atoms with Gasteiger partial charge < -0.3 is 0 Å². The van der Waals surface area contributed by atoms with Crippen LogP contribution in [0.4, 0.5) is 0 Å². The molecule has 0 heterocycles. The molecular weight excluding hydrogens is 120 g/mol. The van der Waals surface area contributed by atoms with Crippen LogP contribution in [0.25, 0.3) is 12.7 Å². The minimum absolute atomic E-state index is 1.14. The van der Waals surface area contributed by atoms with Gasteiger partial charge in [0.25, 0.3) is 0 Å². The number of fused-ring (bicyclic) bond motifs is 1. The van der Waals surface area contributed by atoms with Crippen molar-refractivity contribution in [3.63, 3.8) is 0 Å². The first-order valence-electron chi connectivity index (χ1n) is 3.56. The van der Waals surface area contributed by atoms with Crippen LogP contribution in [0.1, 0.15) is 11.1 Å². The van der Waals surface area contributed by atoms with Crippen molar-refractivity contribution in [2.45, 2.75) is 13.3 Å². The third-order valence-electron chi connectivity index (χ3n) is 2.14. The SMILES string of the molecule is C=c1cc2c(cc1C)=CC2. The van der Waals surface area contributed by atoms with Gasteiger partial charge >= 0.3 is 0 Å². The summed E-state index contributed by atoms with van der Waals surface area (Å²) in [5.41, 5.74) is 2.75. The maximum Gasteiger partial charge on any atom is -0.00823 e. The van der Waals surface area contributed by atoms with E-state index in [1.54, 1.807) is 0 Å². The first-order chi connectivity index (χ1) is 4.77. The molecule has 1 aromatic rings. The van der Waals surface area contributed by atoms with Crippen molar-refractivity contribution < 1.29 is 0 Å². The summed E-state index contributed by atoms with van der Waals surface area (Å²) in [6.07, 6.45) is 3.39. The van der Waals surface area contributed by atoms with E-state index in [1.165, 1.54) is 21.6 Å². The Morgan fingerprint density at radius 2 is 2.20 bits per heavy atom. The Balaban J connectivity index is 2.87. The van der Waals surface area contributed by atoms with Gasteiger partial charge in [-0.3, -0.25) is 0 Å². The summed E-state index contributed by atoms with van der Waals surface area (Å²) in [5.74, 6) is 0. The Morgan fingerprint density at radius 3 is 2.70 bits per heavy atom. The topological polar surface area (TPSA) is 0 Å². The van der Waals surface area contributed by atoms with Crippen molar-refractivity contribution in [1.29, 1.82) is 0 Å². The van der Waals surface area contributed by atoms with Gasteiger partial charge in [-0.1, -0.05) is 24.8 Å². The Hall–Kier alpha value is -1.04. The van der Waals surface area contributed by atoms with E-state index in [9.17, 15) is 0 Å². The Bertz CT molecular complexity index is 372. The van der Waals surface area contributed by atoms with E-state index in [2.05, 4.69) is 31.7 Å². The lowest BCUT2D eigenvalue weighted by molar-refractivity contribution is 1.18. The standard InChI is InChI=1S/C10H10/c1-7-5-9-3-4-10(9)6-8(7)2/h4-6H,1,3H2,2H3. The van der Waals surface area contributed by atoms with Crippen LogP contribution < -0.4 is 10.4 Å². The molecule has 1 aliphatic rings. The molecule has 0 aliphatic heterocycles. The van der Waals surface area contributed by atoms with Crippen LogP contribution in [-0.4, -0.2) is 0 Å². The fourth-order valence-corrected chi connectivity index (χ4v) is 1.28. The van der Waals surface area contributed by atoms with Gasteiger partial charge in [-0.15, -0.1) is 0 Å². The highest BCUT2D eigenvalue weighted by atomic mass is 14.1. The molecular formula is C10H10. The largest absolute Gasteiger partial charge is 0.0915 e. The van der Waals surface area contributed by atoms with Gasteiger partial charge in [-0.25, -0.2) is 0 Å².